The van der Waals surface area contributed by atoms with Gasteiger partial charge in [-0.15, -0.1) is 0 Å². The number of H-pyrrole nitrogens is 1. The molecule has 0 aliphatic carbocycles. The molecular weight excluding hydrogens is 284 g/mol. The molecule has 7 heteroatoms. The lowest BCUT2D eigenvalue weighted by Crippen LogP contribution is -2.41. The van der Waals surface area contributed by atoms with Gasteiger partial charge in [0.25, 0.3) is 11.5 Å². The van der Waals surface area contributed by atoms with Gasteiger partial charge in [-0.1, -0.05) is 6.92 Å². The lowest BCUT2D eigenvalue weighted by Gasteiger charge is -2.24. The smallest absolute Gasteiger partial charge is 0.255 e. The average Bonchev–Trinajstić information content (AvgIpc) is 2.71. The number of aromatic nitrogens is 2. The molecule has 0 fully saturated rings. The van der Waals surface area contributed by atoms with Gasteiger partial charge < -0.3 is 14.5 Å². The molecule has 1 aromatic heterocycles. The van der Waals surface area contributed by atoms with Crippen molar-refractivity contribution in [3.63, 3.8) is 0 Å². The molecule has 1 amide bonds. The van der Waals surface area contributed by atoms with Gasteiger partial charge in [0, 0.05) is 46.3 Å². The maximum atomic E-state index is 12.4. The Balaban J connectivity index is 2.21. The number of rotatable bonds is 4. The van der Waals surface area contributed by atoms with Gasteiger partial charge in [0.2, 0.25) is 5.95 Å². The quantitative estimate of drug-likeness (QED) is 0.859. The van der Waals surface area contributed by atoms with E-state index in [0.717, 1.165) is 5.69 Å². The summed E-state index contributed by atoms with van der Waals surface area (Å²) in [6.07, 6.45) is 1.34. The van der Waals surface area contributed by atoms with Gasteiger partial charge in [0.05, 0.1) is 5.69 Å². The molecule has 1 aliphatic heterocycles. The summed E-state index contributed by atoms with van der Waals surface area (Å²) in [5, 5.41) is 0. The number of hydrogen-bond acceptors (Lipinski definition) is 5. The molecule has 0 unspecified atom stereocenters. The molecule has 7 nitrogen and oxygen atoms in total. The molecule has 1 aromatic rings. The predicted octanol–water partition coefficient (Wildman–Crippen LogP) is 0.188. The maximum absolute atomic E-state index is 12.4. The van der Waals surface area contributed by atoms with Crippen molar-refractivity contribution >= 4 is 11.9 Å². The molecule has 22 heavy (non-hydrogen) atoms. The van der Waals surface area contributed by atoms with Crippen LogP contribution in [0.4, 0.5) is 5.95 Å². The second-order valence-electron chi connectivity index (χ2n) is 5.67. The summed E-state index contributed by atoms with van der Waals surface area (Å²) in [6.45, 7) is 3.01. The van der Waals surface area contributed by atoms with Crippen molar-refractivity contribution in [2.45, 2.75) is 32.3 Å². The summed E-state index contributed by atoms with van der Waals surface area (Å²) < 4.78 is 5.23. The van der Waals surface area contributed by atoms with Crippen LogP contribution in [0, 0.1) is 0 Å². The highest BCUT2D eigenvalue weighted by Gasteiger charge is 2.26. The van der Waals surface area contributed by atoms with Gasteiger partial charge in [-0.3, -0.25) is 14.6 Å². The molecule has 1 aliphatic rings. The topological polar surface area (TPSA) is 78.5 Å². The number of amides is 1. The van der Waals surface area contributed by atoms with Crippen LogP contribution in [-0.2, 0) is 22.4 Å². The number of carbonyl (C=O) groups excluding carboxylic acids is 1. The fourth-order valence-corrected chi connectivity index (χ4v) is 2.67. The van der Waals surface area contributed by atoms with Gasteiger partial charge in [-0.05, 0) is 12.8 Å². The number of aromatic amines is 1. The number of ether oxygens (including phenoxy) is 1. The van der Waals surface area contributed by atoms with E-state index in [1.165, 1.54) is 0 Å². The third-order valence-electron chi connectivity index (χ3n) is 4.00. The minimum absolute atomic E-state index is 0.0120. The van der Waals surface area contributed by atoms with Crippen LogP contribution in [0.25, 0.3) is 0 Å². The predicted molar refractivity (Wildman–Crippen MR) is 84.3 cm³/mol. The molecule has 122 valence electrons. The van der Waals surface area contributed by atoms with Crippen LogP contribution in [0.2, 0.25) is 0 Å². The molecule has 0 bridgehead atoms. The largest absolute Gasteiger partial charge is 0.372 e. The molecule has 0 aromatic carbocycles. The van der Waals surface area contributed by atoms with Crippen molar-refractivity contribution in [1.29, 1.82) is 0 Å². The Labute approximate surface area is 130 Å². The summed E-state index contributed by atoms with van der Waals surface area (Å²) in [4.78, 5) is 35.5. The lowest BCUT2D eigenvalue weighted by molar-refractivity contribution is -0.142. The number of methoxy groups -OCH3 is 1. The molecule has 1 N–H and O–H groups in total. The van der Waals surface area contributed by atoms with Gasteiger partial charge in [0.1, 0.15) is 6.10 Å². The Bertz CT molecular complexity index is 593. The molecule has 0 spiro atoms. The van der Waals surface area contributed by atoms with Crippen LogP contribution in [-0.4, -0.2) is 61.2 Å². The highest BCUT2D eigenvalue weighted by molar-refractivity contribution is 5.81. The van der Waals surface area contributed by atoms with Crippen molar-refractivity contribution < 1.29 is 9.53 Å². The van der Waals surface area contributed by atoms with E-state index in [-0.39, 0.29) is 11.5 Å². The number of fused-ring (bicyclic) bond motifs is 1. The van der Waals surface area contributed by atoms with Gasteiger partial charge in [-0.25, -0.2) is 4.98 Å². The second-order valence-corrected chi connectivity index (χ2v) is 5.67. The van der Waals surface area contributed by atoms with Gasteiger partial charge in [0.15, 0.2) is 0 Å². The van der Waals surface area contributed by atoms with E-state index >= 15 is 0 Å². The Kier molecular flexibility index (Phi) is 5.18. The second kappa shape index (κ2) is 6.91. The number of hydrogen-bond donors (Lipinski definition) is 1. The van der Waals surface area contributed by atoms with Crippen molar-refractivity contribution in [3.05, 3.63) is 21.6 Å². The first-order chi connectivity index (χ1) is 10.5. The van der Waals surface area contributed by atoms with Crippen molar-refractivity contribution in [3.8, 4) is 0 Å². The molecule has 0 saturated heterocycles. The van der Waals surface area contributed by atoms with Gasteiger partial charge in [-0.2, -0.15) is 0 Å². The van der Waals surface area contributed by atoms with Crippen LogP contribution < -0.4 is 10.5 Å². The number of nitrogens with one attached hydrogen (secondary N) is 1. The zero-order valence-electron chi connectivity index (χ0n) is 13.7. The molecule has 2 rings (SSSR count). The summed E-state index contributed by atoms with van der Waals surface area (Å²) >= 11 is 0. The zero-order chi connectivity index (χ0) is 16.3. The summed E-state index contributed by atoms with van der Waals surface area (Å²) in [5.74, 6) is 0.536. The maximum Gasteiger partial charge on any atom is 0.255 e. The zero-order valence-corrected chi connectivity index (χ0v) is 13.7. The van der Waals surface area contributed by atoms with Gasteiger partial charge >= 0.3 is 0 Å². The summed E-state index contributed by atoms with van der Waals surface area (Å²) in [5.41, 5.74) is 1.36. The highest BCUT2D eigenvalue weighted by Crippen LogP contribution is 2.14. The normalized spacial score (nSPS) is 15.9. The van der Waals surface area contributed by atoms with E-state index in [1.807, 2.05) is 21.0 Å². The SMILES string of the molecule is CC[C@@H](OC)C(=O)N1CCc2nc(N(C)C)[nH]c(=O)c2CC1. The standard InChI is InChI=1S/C15H24N4O3/c1-5-12(22-4)14(21)19-8-6-10-11(7-9-19)16-15(18(2)3)17-13(10)20/h12H,5-9H2,1-4H3,(H,16,17,20)/t12-/m1/s1. The van der Waals surface area contributed by atoms with E-state index < -0.39 is 6.10 Å². The Hall–Kier alpha value is -1.89. The van der Waals surface area contributed by atoms with Crippen LogP contribution in [0.1, 0.15) is 24.6 Å². The lowest BCUT2D eigenvalue weighted by atomic mass is 10.1. The van der Waals surface area contributed by atoms with Crippen LogP contribution in [0.15, 0.2) is 4.79 Å². The Morgan fingerprint density at radius 2 is 2.09 bits per heavy atom. The first-order valence-corrected chi connectivity index (χ1v) is 7.58. The monoisotopic (exact) mass is 308 g/mol. The van der Waals surface area contributed by atoms with E-state index in [9.17, 15) is 9.59 Å². The summed E-state index contributed by atoms with van der Waals surface area (Å²) in [6, 6.07) is 0. The van der Waals surface area contributed by atoms with Crippen molar-refractivity contribution in [2.75, 3.05) is 39.2 Å². The first-order valence-electron chi connectivity index (χ1n) is 7.58. The van der Waals surface area contributed by atoms with Crippen molar-refractivity contribution in [1.82, 2.24) is 14.9 Å². The first kappa shape index (κ1) is 16.5. The van der Waals surface area contributed by atoms with Crippen LogP contribution >= 0.6 is 0 Å². The molecule has 0 saturated carbocycles. The van der Waals surface area contributed by atoms with Crippen LogP contribution in [0.3, 0.4) is 0 Å². The van der Waals surface area contributed by atoms with E-state index in [0.29, 0.717) is 43.9 Å². The highest BCUT2D eigenvalue weighted by atomic mass is 16.5. The fraction of sp³-hybridized carbons (Fsp3) is 0.667. The van der Waals surface area contributed by atoms with E-state index in [2.05, 4.69) is 9.97 Å². The van der Waals surface area contributed by atoms with E-state index in [1.54, 1.807) is 16.9 Å². The average molecular weight is 308 g/mol. The Morgan fingerprint density at radius 1 is 1.41 bits per heavy atom. The molecule has 0 radical (unpaired) electrons. The minimum Gasteiger partial charge on any atom is -0.372 e. The summed E-state index contributed by atoms with van der Waals surface area (Å²) in [7, 11) is 5.22. The van der Waals surface area contributed by atoms with Crippen molar-refractivity contribution in [2.24, 2.45) is 0 Å². The molecule has 2 heterocycles. The number of carbonyl (C=O) groups is 1. The molecular formula is C15H24N4O3. The third kappa shape index (κ3) is 3.30. The molecule has 1 atom stereocenters. The van der Waals surface area contributed by atoms with E-state index in [4.69, 9.17) is 4.74 Å². The minimum atomic E-state index is -0.412. The number of nitrogens with zero attached hydrogens (tertiary/aromatic N) is 3. The third-order valence-corrected chi connectivity index (χ3v) is 4.00. The Morgan fingerprint density at radius 3 is 2.68 bits per heavy atom. The number of anilines is 1. The fourth-order valence-electron chi connectivity index (χ4n) is 2.67. The van der Waals surface area contributed by atoms with Crippen LogP contribution in [0.5, 0.6) is 0 Å².